The summed E-state index contributed by atoms with van der Waals surface area (Å²) in [6.07, 6.45) is 1.18. The lowest BCUT2D eigenvalue weighted by atomic mass is 10.1. The van der Waals surface area contributed by atoms with Crippen LogP contribution in [0.5, 0.6) is 0 Å². The molecule has 0 fully saturated rings. The third-order valence-electron chi connectivity index (χ3n) is 4.32. The van der Waals surface area contributed by atoms with Crippen molar-refractivity contribution in [1.82, 2.24) is 9.88 Å². The number of carbonyl (C=O) groups is 1. The molecule has 2 aromatic carbocycles. The molecule has 0 bridgehead atoms. The fourth-order valence-corrected chi connectivity index (χ4v) is 4.43. The minimum atomic E-state index is -3.30. The predicted molar refractivity (Wildman–Crippen MR) is 121 cm³/mol. The summed E-state index contributed by atoms with van der Waals surface area (Å²) >= 11 is 1.32. The van der Waals surface area contributed by atoms with Gasteiger partial charge in [-0.2, -0.15) is 0 Å². The van der Waals surface area contributed by atoms with Crippen molar-refractivity contribution in [2.24, 2.45) is 0 Å². The van der Waals surface area contributed by atoms with Crippen LogP contribution in [0.15, 0.2) is 47.4 Å². The van der Waals surface area contributed by atoms with E-state index >= 15 is 0 Å². The van der Waals surface area contributed by atoms with Crippen molar-refractivity contribution in [3.8, 4) is 0 Å². The summed E-state index contributed by atoms with van der Waals surface area (Å²) in [5, 5.41) is 0.563. The lowest BCUT2D eigenvalue weighted by Crippen LogP contribution is -2.36. The van der Waals surface area contributed by atoms with Gasteiger partial charge in [0.05, 0.1) is 15.1 Å². The van der Waals surface area contributed by atoms with Gasteiger partial charge in [0.15, 0.2) is 15.0 Å². The highest BCUT2D eigenvalue weighted by Gasteiger charge is 2.22. The Hall–Kier alpha value is -2.00. The molecule has 0 saturated heterocycles. The SMILES string of the molecule is Cc1ccc(C(=O)N(CCN(C)C)c2nc3ccc(S(C)(=O)=O)cc3s2)cc1.Cl. The number of aryl methyl sites for hydroxylation is 1. The maximum Gasteiger partial charge on any atom is 0.260 e. The standard InChI is InChI=1S/C20H23N3O3S2.ClH/c1-14-5-7-15(8-6-14)19(24)23(12-11-22(2)3)20-21-17-10-9-16(28(4,25)26)13-18(17)27-20;/h5-10,13H,11-12H2,1-4H3;1H. The van der Waals surface area contributed by atoms with Gasteiger partial charge in [0.25, 0.3) is 5.91 Å². The summed E-state index contributed by atoms with van der Waals surface area (Å²) < 4.78 is 24.4. The summed E-state index contributed by atoms with van der Waals surface area (Å²) in [6, 6.07) is 12.3. The fraction of sp³-hybridized carbons (Fsp3) is 0.300. The molecule has 3 aromatic rings. The highest BCUT2D eigenvalue weighted by atomic mass is 35.5. The molecule has 9 heteroatoms. The Labute approximate surface area is 181 Å². The highest BCUT2D eigenvalue weighted by molar-refractivity contribution is 7.90. The maximum atomic E-state index is 13.2. The van der Waals surface area contributed by atoms with Crippen LogP contribution in [0.3, 0.4) is 0 Å². The minimum Gasteiger partial charge on any atom is -0.308 e. The lowest BCUT2D eigenvalue weighted by molar-refractivity contribution is 0.0985. The first-order chi connectivity index (χ1) is 13.1. The normalized spacial score (nSPS) is 11.5. The molecule has 0 aliphatic rings. The average Bonchev–Trinajstić information content (AvgIpc) is 3.04. The number of likely N-dealkylation sites (N-methyl/N-ethyl adjacent to an activating group) is 1. The number of amides is 1. The van der Waals surface area contributed by atoms with Gasteiger partial charge in [0.1, 0.15) is 0 Å². The zero-order chi connectivity index (χ0) is 20.5. The van der Waals surface area contributed by atoms with E-state index < -0.39 is 9.84 Å². The van der Waals surface area contributed by atoms with E-state index in [9.17, 15) is 13.2 Å². The van der Waals surface area contributed by atoms with Gasteiger partial charge in [-0.25, -0.2) is 13.4 Å². The Morgan fingerprint density at radius 2 is 1.72 bits per heavy atom. The van der Waals surface area contributed by atoms with Crippen molar-refractivity contribution in [3.63, 3.8) is 0 Å². The second-order valence-corrected chi connectivity index (χ2v) is 10.0. The number of aromatic nitrogens is 1. The second-order valence-electron chi connectivity index (χ2n) is 7.02. The summed E-state index contributed by atoms with van der Waals surface area (Å²) in [6.45, 7) is 3.14. The highest BCUT2D eigenvalue weighted by Crippen LogP contribution is 2.31. The molecule has 0 spiro atoms. The van der Waals surface area contributed by atoms with Gasteiger partial charge in [-0.1, -0.05) is 29.0 Å². The van der Waals surface area contributed by atoms with Crippen molar-refractivity contribution in [1.29, 1.82) is 0 Å². The number of sulfone groups is 1. The van der Waals surface area contributed by atoms with E-state index in [4.69, 9.17) is 0 Å². The average molecular weight is 454 g/mol. The summed E-state index contributed by atoms with van der Waals surface area (Å²) in [5.41, 5.74) is 2.36. The van der Waals surface area contributed by atoms with Crippen LogP contribution in [-0.2, 0) is 9.84 Å². The number of anilines is 1. The minimum absolute atomic E-state index is 0. The molecule has 0 aliphatic carbocycles. The van der Waals surface area contributed by atoms with Crippen molar-refractivity contribution >= 4 is 54.8 Å². The third kappa shape index (κ3) is 5.54. The Balaban J connectivity index is 0.00000300. The molecule has 1 amide bonds. The molecule has 1 heterocycles. The number of rotatable bonds is 6. The van der Waals surface area contributed by atoms with Crippen LogP contribution >= 0.6 is 23.7 Å². The first-order valence-corrected chi connectivity index (χ1v) is 11.5. The number of hydrogen-bond acceptors (Lipinski definition) is 6. The number of nitrogens with zero attached hydrogens (tertiary/aromatic N) is 3. The lowest BCUT2D eigenvalue weighted by Gasteiger charge is -2.22. The van der Waals surface area contributed by atoms with E-state index in [0.717, 1.165) is 10.3 Å². The number of carbonyl (C=O) groups excluding carboxylic acids is 1. The Morgan fingerprint density at radius 3 is 2.31 bits per heavy atom. The Bertz CT molecular complexity index is 1110. The molecule has 0 N–H and O–H groups in total. The Morgan fingerprint density at radius 1 is 1.07 bits per heavy atom. The molecule has 156 valence electrons. The van der Waals surface area contributed by atoms with Crippen LogP contribution in [-0.4, -0.2) is 57.6 Å². The van der Waals surface area contributed by atoms with E-state index in [2.05, 4.69) is 4.98 Å². The predicted octanol–water partition coefficient (Wildman–Crippen LogP) is 3.64. The van der Waals surface area contributed by atoms with Gasteiger partial charge >= 0.3 is 0 Å². The molecule has 0 unspecified atom stereocenters. The Kier molecular flexibility index (Phi) is 7.40. The summed E-state index contributed by atoms with van der Waals surface area (Å²) in [7, 11) is 0.601. The van der Waals surface area contributed by atoms with Gasteiger partial charge in [0.2, 0.25) is 0 Å². The molecule has 29 heavy (non-hydrogen) atoms. The van der Waals surface area contributed by atoms with Crippen LogP contribution in [0.1, 0.15) is 15.9 Å². The van der Waals surface area contributed by atoms with Crippen LogP contribution in [0, 0.1) is 6.92 Å². The number of hydrogen-bond donors (Lipinski definition) is 0. The number of fused-ring (bicyclic) bond motifs is 1. The first-order valence-electron chi connectivity index (χ1n) is 8.79. The van der Waals surface area contributed by atoms with Crippen molar-refractivity contribution in [2.75, 3.05) is 38.3 Å². The molecular weight excluding hydrogens is 430 g/mol. The molecule has 0 atom stereocenters. The zero-order valence-corrected chi connectivity index (χ0v) is 19.2. The molecule has 1 aromatic heterocycles. The number of halogens is 1. The van der Waals surface area contributed by atoms with Gasteiger partial charge in [-0.3, -0.25) is 9.69 Å². The number of thiazole rings is 1. The van der Waals surface area contributed by atoms with E-state index in [0.29, 0.717) is 29.3 Å². The molecule has 0 aliphatic heterocycles. The first kappa shape index (κ1) is 23.3. The van der Waals surface area contributed by atoms with Gasteiger partial charge in [-0.15, -0.1) is 12.4 Å². The van der Waals surface area contributed by atoms with Crippen LogP contribution in [0.4, 0.5) is 5.13 Å². The summed E-state index contributed by atoms with van der Waals surface area (Å²) in [5.74, 6) is -0.121. The second kappa shape index (κ2) is 9.21. The molecular formula is C20H24ClN3O3S2. The van der Waals surface area contributed by atoms with Crippen LogP contribution in [0.2, 0.25) is 0 Å². The topological polar surface area (TPSA) is 70.6 Å². The van der Waals surface area contributed by atoms with E-state index in [1.165, 1.54) is 17.6 Å². The molecule has 0 radical (unpaired) electrons. The van der Waals surface area contributed by atoms with Crippen molar-refractivity contribution in [2.45, 2.75) is 11.8 Å². The quantitative estimate of drug-likeness (QED) is 0.569. The van der Waals surface area contributed by atoms with E-state index in [1.807, 2.05) is 50.2 Å². The van der Waals surface area contributed by atoms with Crippen molar-refractivity contribution < 1.29 is 13.2 Å². The van der Waals surface area contributed by atoms with Crippen LogP contribution < -0.4 is 4.90 Å². The van der Waals surface area contributed by atoms with Crippen molar-refractivity contribution in [3.05, 3.63) is 53.6 Å². The maximum absolute atomic E-state index is 13.2. The molecule has 3 rings (SSSR count). The molecule has 6 nitrogen and oxygen atoms in total. The largest absolute Gasteiger partial charge is 0.308 e. The van der Waals surface area contributed by atoms with Gasteiger partial charge in [0, 0.05) is 24.9 Å². The van der Waals surface area contributed by atoms with E-state index in [1.54, 1.807) is 23.1 Å². The van der Waals surface area contributed by atoms with Gasteiger partial charge < -0.3 is 4.90 Å². The zero-order valence-electron chi connectivity index (χ0n) is 16.7. The third-order valence-corrected chi connectivity index (χ3v) is 6.47. The van der Waals surface area contributed by atoms with Gasteiger partial charge in [-0.05, 0) is 51.4 Å². The summed E-state index contributed by atoms with van der Waals surface area (Å²) in [4.78, 5) is 21.7. The monoisotopic (exact) mass is 453 g/mol. The van der Waals surface area contributed by atoms with E-state index in [-0.39, 0.29) is 23.2 Å². The molecule has 0 saturated carbocycles. The number of benzene rings is 2. The fourth-order valence-electron chi connectivity index (χ4n) is 2.67. The van der Waals surface area contributed by atoms with Crippen LogP contribution in [0.25, 0.3) is 10.2 Å². The smallest absolute Gasteiger partial charge is 0.260 e.